The Labute approximate surface area is 91.4 Å². The van der Waals surface area contributed by atoms with Gasteiger partial charge >= 0.3 is 0 Å². The van der Waals surface area contributed by atoms with Crippen molar-refractivity contribution in [1.29, 1.82) is 0 Å². The number of rotatable bonds is 2. The fourth-order valence-corrected chi connectivity index (χ4v) is 2.01. The maximum atomic E-state index is 12.4. The normalized spacial score (nSPS) is 10.5. The van der Waals surface area contributed by atoms with E-state index in [2.05, 4.69) is 4.98 Å². The summed E-state index contributed by atoms with van der Waals surface area (Å²) >= 11 is 7.17. The third-order valence-electron chi connectivity index (χ3n) is 1.34. The number of hydrogen-bond acceptors (Lipinski definition) is 2. The number of pyridine rings is 1. The molecule has 0 radical (unpaired) electrons. The fourth-order valence-electron chi connectivity index (χ4n) is 0.818. The largest absolute Gasteiger partial charge is 0.296 e. The van der Waals surface area contributed by atoms with E-state index >= 15 is 0 Å². The van der Waals surface area contributed by atoms with Crippen LogP contribution in [0.2, 0.25) is 5.15 Å². The van der Waals surface area contributed by atoms with Gasteiger partial charge in [-0.2, -0.15) is 0 Å². The number of carbonyl (C=O) groups excluding carboxylic acids is 1. The molecule has 0 aliphatic heterocycles. The molecule has 1 heterocycles. The molecule has 0 atom stereocenters. The Hall–Kier alpha value is -0.300. The topological polar surface area (TPSA) is 30.0 Å². The molecule has 6 heteroatoms. The van der Waals surface area contributed by atoms with Gasteiger partial charge in [0.25, 0.3) is 6.43 Å². The lowest BCUT2D eigenvalue weighted by Gasteiger charge is -2.05. The van der Waals surface area contributed by atoms with Crippen molar-refractivity contribution in [1.82, 2.24) is 4.98 Å². The Morgan fingerprint density at radius 1 is 1.62 bits per heavy atom. The molecule has 0 aromatic carbocycles. The molecule has 70 valence electrons. The van der Waals surface area contributed by atoms with Crippen molar-refractivity contribution in [2.24, 2.45) is 0 Å². The van der Waals surface area contributed by atoms with Crippen LogP contribution in [0.5, 0.6) is 0 Å². The molecule has 0 spiro atoms. The molecule has 0 bridgehead atoms. The lowest BCUT2D eigenvalue weighted by Crippen LogP contribution is -2.00. The van der Waals surface area contributed by atoms with Crippen molar-refractivity contribution in [2.75, 3.05) is 0 Å². The predicted octanol–water partition coefficient (Wildman–Crippen LogP) is 3.09. The molecule has 0 aliphatic rings. The molecule has 13 heavy (non-hydrogen) atoms. The Balaban J connectivity index is 3.38. The van der Waals surface area contributed by atoms with Crippen molar-refractivity contribution in [2.45, 2.75) is 6.43 Å². The second kappa shape index (κ2) is 4.28. The van der Waals surface area contributed by atoms with Crippen LogP contribution in [0.25, 0.3) is 0 Å². The van der Waals surface area contributed by atoms with Gasteiger partial charge in [-0.15, -0.1) is 0 Å². The molecule has 1 rings (SSSR count). The minimum absolute atomic E-state index is 0.0379. The highest BCUT2D eigenvalue weighted by Crippen LogP contribution is 2.27. The summed E-state index contributed by atoms with van der Waals surface area (Å²) < 4.78 is 25.0. The third-order valence-corrected chi connectivity index (χ3v) is 2.42. The van der Waals surface area contributed by atoms with Crippen molar-refractivity contribution in [3.63, 3.8) is 0 Å². The molecular weight excluding hydrogens is 314 g/mol. The monoisotopic (exact) mass is 317 g/mol. The molecule has 0 saturated carbocycles. The Kier molecular flexibility index (Phi) is 3.55. The zero-order valence-corrected chi connectivity index (χ0v) is 9.01. The van der Waals surface area contributed by atoms with E-state index in [9.17, 15) is 13.6 Å². The van der Waals surface area contributed by atoms with E-state index in [0.29, 0.717) is 0 Å². The number of nitrogens with zero attached hydrogens (tertiary/aromatic N) is 1. The summed E-state index contributed by atoms with van der Waals surface area (Å²) in [4.78, 5) is 13.9. The predicted molar refractivity (Wildman–Crippen MR) is 52.3 cm³/mol. The first-order chi connectivity index (χ1) is 6.06. The fraction of sp³-hybridized carbons (Fsp3) is 0.143. The van der Waals surface area contributed by atoms with E-state index in [0.717, 1.165) is 0 Å². The van der Waals surface area contributed by atoms with Gasteiger partial charge in [-0.1, -0.05) is 11.6 Å². The second-order valence-corrected chi connectivity index (χ2v) is 3.69. The lowest BCUT2D eigenvalue weighted by atomic mass is 10.2. The Bertz CT molecular complexity index is 346. The molecule has 0 aliphatic carbocycles. The molecule has 0 unspecified atom stereocenters. The van der Waals surface area contributed by atoms with Crippen LogP contribution in [0, 0.1) is 3.57 Å². The van der Waals surface area contributed by atoms with Crippen molar-refractivity contribution >= 4 is 40.5 Å². The summed E-state index contributed by atoms with van der Waals surface area (Å²) in [5.41, 5.74) is -0.660. The minimum atomic E-state index is -2.71. The lowest BCUT2D eigenvalue weighted by molar-refractivity contribution is 0.110. The minimum Gasteiger partial charge on any atom is -0.296 e. The van der Waals surface area contributed by atoms with Crippen LogP contribution < -0.4 is 0 Å². The second-order valence-electron chi connectivity index (χ2n) is 2.14. The standard InChI is InChI=1S/C7H3ClF2INO/c8-5-1-3(11)6(7(9)10)4(2-13)12-5/h1-2,7H. The van der Waals surface area contributed by atoms with Crippen LogP contribution in [0.1, 0.15) is 22.5 Å². The number of hydrogen-bond donors (Lipinski definition) is 0. The summed E-state index contributed by atoms with van der Waals surface area (Å²) in [7, 11) is 0. The summed E-state index contributed by atoms with van der Waals surface area (Å²) in [6.07, 6.45) is -2.44. The molecule has 1 aromatic rings. The first-order valence-corrected chi connectivity index (χ1v) is 4.61. The SMILES string of the molecule is O=Cc1nc(Cl)cc(I)c1C(F)F. The molecule has 2 nitrogen and oxygen atoms in total. The van der Waals surface area contributed by atoms with Crippen LogP contribution in [-0.4, -0.2) is 11.3 Å². The van der Waals surface area contributed by atoms with E-state index in [4.69, 9.17) is 11.6 Å². The Morgan fingerprint density at radius 3 is 2.69 bits per heavy atom. The zero-order valence-electron chi connectivity index (χ0n) is 6.10. The van der Waals surface area contributed by atoms with Crippen LogP contribution in [0.3, 0.4) is 0 Å². The third kappa shape index (κ3) is 2.34. The molecule has 0 amide bonds. The van der Waals surface area contributed by atoms with E-state index in [-0.39, 0.29) is 26.3 Å². The van der Waals surface area contributed by atoms with Crippen molar-refractivity contribution < 1.29 is 13.6 Å². The van der Waals surface area contributed by atoms with Gasteiger partial charge in [0.15, 0.2) is 6.29 Å². The van der Waals surface area contributed by atoms with E-state index in [1.807, 2.05) is 0 Å². The van der Waals surface area contributed by atoms with Crippen LogP contribution in [0.4, 0.5) is 8.78 Å². The maximum absolute atomic E-state index is 12.4. The zero-order chi connectivity index (χ0) is 10.0. The number of alkyl halides is 2. The van der Waals surface area contributed by atoms with Crippen molar-refractivity contribution in [3.8, 4) is 0 Å². The average Bonchev–Trinajstić information content (AvgIpc) is 2.01. The maximum Gasteiger partial charge on any atom is 0.267 e. The number of aromatic nitrogens is 1. The van der Waals surface area contributed by atoms with Gasteiger partial charge < -0.3 is 0 Å². The number of halogens is 4. The van der Waals surface area contributed by atoms with Gasteiger partial charge in [0.1, 0.15) is 10.8 Å². The van der Waals surface area contributed by atoms with E-state index in [1.54, 1.807) is 22.6 Å². The van der Waals surface area contributed by atoms with Crippen LogP contribution in [-0.2, 0) is 0 Å². The summed E-state index contributed by atoms with van der Waals surface area (Å²) in [6, 6.07) is 1.29. The van der Waals surface area contributed by atoms with E-state index < -0.39 is 6.43 Å². The summed E-state index contributed by atoms with van der Waals surface area (Å²) in [5.74, 6) is 0. The van der Waals surface area contributed by atoms with Gasteiger partial charge in [-0.3, -0.25) is 4.79 Å². The van der Waals surface area contributed by atoms with Gasteiger partial charge in [0, 0.05) is 3.57 Å². The molecular formula is C7H3ClF2INO. The summed E-state index contributed by atoms with van der Waals surface area (Å²) in [6.45, 7) is 0. The summed E-state index contributed by atoms with van der Waals surface area (Å²) in [5, 5.41) is 0.0379. The first kappa shape index (κ1) is 10.8. The molecule has 0 saturated heterocycles. The Morgan fingerprint density at radius 2 is 2.23 bits per heavy atom. The van der Waals surface area contributed by atoms with E-state index in [1.165, 1.54) is 6.07 Å². The average molecular weight is 317 g/mol. The number of carbonyl (C=O) groups is 1. The highest BCUT2D eigenvalue weighted by atomic mass is 127. The quantitative estimate of drug-likeness (QED) is 0.477. The molecule has 0 N–H and O–H groups in total. The van der Waals surface area contributed by atoms with Crippen LogP contribution >= 0.6 is 34.2 Å². The smallest absolute Gasteiger partial charge is 0.267 e. The number of aldehydes is 1. The van der Waals surface area contributed by atoms with Crippen LogP contribution in [0.15, 0.2) is 6.07 Å². The van der Waals surface area contributed by atoms with Crippen molar-refractivity contribution in [3.05, 3.63) is 26.0 Å². The highest BCUT2D eigenvalue weighted by Gasteiger charge is 2.18. The van der Waals surface area contributed by atoms with Gasteiger partial charge in [0.2, 0.25) is 0 Å². The van der Waals surface area contributed by atoms with Gasteiger partial charge in [-0.05, 0) is 28.7 Å². The van der Waals surface area contributed by atoms with Gasteiger partial charge in [0.05, 0.1) is 5.56 Å². The molecule has 1 aromatic heterocycles. The molecule has 0 fully saturated rings. The first-order valence-electron chi connectivity index (χ1n) is 3.15. The highest BCUT2D eigenvalue weighted by molar-refractivity contribution is 14.1. The van der Waals surface area contributed by atoms with Gasteiger partial charge in [-0.25, -0.2) is 13.8 Å².